The van der Waals surface area contributed by atoms with Gasteiger partial charge < -0.3 is 15.3 Å². The summed E-state index contributed by atoms with van der Waals surface area (Å²) in [6, 6.07) is 0.552. The largest absolute Gasteiger partial charge is 0.481 e. The Balaban J connectivity index is 1.86. The van der Waals surface area contributed by atoms with Crippen molar-refractivity contribution in [3.05, 3.63) is 0 Å². The monoisotopic (exact) mass is 283 g/mol. The van der Waals surface area contributed by atoms with E-state index in [-0.39, 0.29) is 18.6 Å². The number of piperazine rings is 1. The number of nitrogens with one attached hydrogen (secondary N) is 1. The van der Waals surface area contributed by atoms with Gasteiger partial charge in [-0.05, 0) is 32.7 Å². The molecule has 6 nitrogen and oxygen atoms in total. The van der Waals surface area contributed by atoms with Crippen LogP contribution in [0.15, 0.2) is 0 Å². The molecule has 6 heteroatoms. The minimum absolute atomic E-state index is 0.122. The number of rotatable bonds is 4. The Morgan fingerprint density at radius 2 is 2.15 bits per heavy atom. The van der Waals surface area contributed by atoms with Crippen molar-refractivity contribution in [2.45, 2.75) is 45.2 Å². The van der Waals surface area contributed by atoms with E-state index in [1.807, 2.05) is 11.8 Å². The molecule has 2 fully saturated rings. The number of carboxylic acids is 1. The van der Waals surface area contributed by atoms with Gasteiger partial charge in [0.15, 0.2) is 0 Å². The molecule has 2 aliphatic heterocycles. The molecular formula is C14H25N3O3. The lowest BCUT2D eigenvalue weighted by molar-refractivity contribution is -0.141. The number of urea groups is 1. The number of carbonyl (C=O) groups is 2. The topological polar surface area (TPSA) is 72.9 Å². The number of nitrogens with zero attached hydrogens (tertiary/aromatic N) is 2. The Hall–Kier alpha value is -1.30. The molecule has 2 N–H and O–H groups in total. The number of carbonyl (C=O) groups excluding carboxylic acids is 1. The fourth-order valence-corrected chi connectivity index (χ4v) is 3.19. The fourth-order valence-electron chi connectivity index (χ4n) is 3.19. The second kappa shape index (κ2) is 6.43. The molecule has 2 saturated heterocycles. The first-order chi connectivity index (χ1) is 9.52. The molecule has 3 atom stereocenters. The van der Waals surface area contributed by atoms with Gasteiger partial charge in [-0.1, -0.05) is 6.92 Å². The third kappa shape index (κ3) is 3.23. The molecule has 0 radical (unpaired) electrons. The van der Waals surface area contributed by atoms with Crippen LogP contribution < -0.4 is 5.32 Å². The molecule has 0 spiro atoms. The highest BCUT2D eigenvalue weighted by Crippen LogP contribution is 2.24. The summed E-state index contributed by atoms with van der Waals surface area (Å²) in [4.78, 5) is 27.5. The number of amides is 2. The highest BCUT2D eigenvalue weighted by atomic mass is 16.4. The van der Waals surface area contributed by atoms with Crippen molar-refractivity contribution in [3.63, 3.8) is 0 Å². The summed E-state index contributed by atoms with van der Waals surface area (Å²) >= 11 is 0. The third-order valence-corrected chi connectivity index (χ3v) is 4.54. The van der Waals surface area contributed by atoms with Crippen molar-refractivity contribution in [3.8, 4) is 0 Å². The first kappa shape index (κ1) is 15.1. The highest BCUT2D eigenvalue weighted by Gasteiger charge is 2.36. The van der Waals surface area contributed by atoms with E-state index in [0.717, 1.165) is 26.1 Å². The normalized spacial score (nSPS) is 28.0. The van der Waals surface area contributed by atoms with Gasteiger partial charge in [-0.15, -0.1) is 0 Å². The number of hydrogen-bond acceptors (Lipinski definition) is 3. The van der Waals surface area contributed by atoms with Crippen molar-refractivity contribution < 1.29 is 14.7 Å². The van der Waals surface area contributed by atoms with Crippen LogP contribution in [0, 0.1) is 5.92 Å². The van der Waals surface area contributed by atoms with Crippen LogP contribution >= 0.6 is 0 Å². The Morgan fingerprint density at radius 1 is 1.40 bits per heavy atom. The van der Waals surface area contributed by atoms with Gasteiger partial charge in [-0.25, -0.2) is 4.79 Å². The Labute approximate surface area is 120 Å². The SMILES string of the molecule is CCC(CNC(=O)N1CC2CCCN2CC1C)C(=O)O. The van der Waals surface area contributed by atoms with E-state index in [0.29, 0.717) is 12.5 Å². The van der Waals surface area contributed by atoms with E-state index in [2.05, 4.69) is 17.1 Å². The smallest absolute Gasteiger partial charge is 0.317 e. The molecular weight excluding hydrogens is 258 g/mol. The molecule has 0 aromatic carbocycles. The van der Waals surface area contributed by atoms with Crippen molar-refractivity contribution in [1.29, 1.82) is 0 Å². The Bertz CT molecular complexity index is 375. The van der Waals surface area contributed by atoms with Gasteiger partial charge in [-0.3, -0.25) is 9.69 Å². The van der Waals surface area contributed by atoms with Gasteiger partial charge in [-0.2, -0.15) is 0 Å². The molecule has 2 rings (SSSR count). The average molecular weight is 283 g/mol. The summed E-state index contributed by atoms with van der Waals surface area (Å²) in [5.41, 5.74) is 0. The molecule has 20 heavy (non-hydrogen) atoms. The Morgan fingerprint density at radius 3 is 2.80 bits per heavy atom. The molecule has 0 saturated carbocycles. The van der Waals surface area contributed by atoms with Crippen molar-refractivity contribution >= 4 is 12.0 Å². The molecule has 3 unspecified atom stereocenters. The maximum absolute atomic E-state index is 12.2. The van der Waals surface area contributed by atoms with Gasteiger partial charge in [0.2, 0.25) is 0 Å². The van der Waals surface area contributed by atoms with E-state index in [1.54, 1.807) is 0 Å². The Kier molecular flexibility index (Phi) is 4.86. The predicted octanol–water partition coefficient (Wildman–Crippen LogP) is 0.975. The standard InChI is InChI=1S/C14H25N3O3/c1-3-11(13(18)19)7-15-14(20)17-9-12-5-4-6-16(12)8-10(17)2/h10-12H,3-9H2,1-2H3,(H,15,20)(H,18,19). The van der Waals surface area contributed by atoms with E-state index < -0.39 is 11.9 Å². The summed E-state index contributed by atoms with van der Waals surface area (Å²) < 4.78 is 0. The van der Waals surface area contributed by atoms with Crippen LogP contribution in [0.25, 0.3) is 0 Å². The third-order valence-electron chi connectivity index (χ3n) is 4.54. The van der Waals surface area contributed by atoms with Gasteiger partial charge in [0.05, 0.1) is 5.92 Å². The zero-order valence-electron chi connectivity index (χ0n) is 12.3. The first-order valence-corrected chi connectivity index (χ1v) is 7.54. The van der Waals surface area contributed by atoms with Gasteiger partial charge in [0.25, 0.3) is 0 Å². The van der Waals surface area contributed by atoms with E-state index in [9.17, 15) is 9.59 Å². The lowest BCUT2D eigenvalue weighted by atomic mass is 10.1. The summed E-state index contributed by atoms with van der Waals surface area (Å²) in [5.74, 6) is -1.34. The lowest BCUT2D eigenvalue weighted by Crippen LogP contribution is -2.59. The molecule has 2 amide bonds. The lowest BCUT2D eigenvalue weighted by Gasteiger charge is -2.42. The number of fused-ring (bicyclic) bond motifs is 1. The van der Waals surface area contributed by atoms with Crippen LogP contribution in [0.3, 0.4) is 0 Å². The predicted molar refractivity (Wildman–Crippen MR) is 75.6 cm³/mol. The summed E-state index contributed by atoms with van der Waals surface area (Å²) in [5, 5.41) is 11.8. The quantitative estimate of drug-likeness (QED) is 0.806. The van der Waals surface area contributed by atoms with Gasteiger partial charge in [0.1, 0.15) is 0 Å². The van der Waals surface area contributed by atoms with Crippen LogP contribution in [0.4, 0.5) is 4.79 Å². The van der Waals surface area contributed by atoms with Crippen molar-refractivity contribution in [2.24, 2.45) is 5.92 Å². The van der Waals surface area contributed by atoms with Crippen LogP contribution in [-0.4, -0.2) is 65.2 Å². The number of carboxylic acid groups (broad SMARTS) is 1. The highest BCUT2D eigenvalue weighted by molar-refractivity contribution is 5.76. The molecule has 114 valence electrons. The van der Waals surface area contributed by atoms with E-state index in [1.165, 1.54) is 6.42 Å². The van der Waals surface area contributed by atoms with E-state index in [4.69, 9.17) is 5.11 Å². The summed E-state index contributed by atoms with van der Waals surface area (Å²) in [6.07, 6.45) is 2.90. The van der Waals surface area contributed by atoms with Gasteiger partial charge in [0, 0.05) is 31.7 Å². The molecule has 0 aliphatic carbocycles. The number of hydrogen-bond donors (Lipinski definition) is 2. The number of aliphatic carboxylic acids is 1. The summed E-state index contributed by atoms with van der Waals surface area (Å²) in [7, 11) is 0. The fraction of sp³-hybridized carbons (Fsp3) is 0.857. The maximum Gasteiger partial charge on any atom is 0.317 e. The first-order valence-electron chi connectivity index (χ1n) is 7.54. The molecule has 0 aromatic heterocycles. The second-order valence-corrected chi connectivity index (χ2v) is 5.92. The van der Waals surface area contributed by atoms with Crippen molar-refractivity contribution in [1.82, 2.24) is 15.1 Å². The van der Waals surface area contributed by atoms with Crippen molar-refractivity contribution in [2.75, 3.05) is 26.2 Å². The zero-order chi connectivity index (χ0) is 14.7. The minimum atomic E-state index is -0.846. The van der Waals surface area contributed by atoms with Crippen LogP contribution in [0.2, 0.25) is 0 Å². The summed E-state index contributed by atoms with van der Waals surface area (Å²) in [6.45, 7) is 6.92. The van der Waals surface area contributed by atoms with Crippen LogP contribution in [0.1, 0.15) is 33.1 Å². The molecule has 0 aromatic rings. The zero-order valence-corrected chi connectivity index (χ0v) is 12.3. The van der Waals surface area contributed by atoms with Crippen LogP contribution in [0.5, 0.6) is 0 Å². The maximum atomic E-state index is 12.2. The molecule has 2 aliphatic rings. The molecule has 0 bridgehead atoms. The molecule has 2 heterocycles. The van der Waals surface area contributed by atoms with Crippen LogP contribution in [-0.2, 0) is 4.79 Å². The second-order valence-electron chi connectivity index (χ2n) is 5.92. The minimum Gasteiger partial charge on any atom is -0.481 e. The average Bonchev–Trinajstić information content (AvgIpc) is 2.84. The van der Waals surface area contributed by atoms with E-state index >= 15 is 0 Å². The van der Waals surface area contributed by atoms with Gasteiger partial charge >= 0.3 is 12.0 Å².